The van der Waals surface area contributed by atoms with Gasteiger partial charge in [0.25, 0.3) is 11.8 Å². The van der Waals surface area contributed by atoms with Gasteiger partial charge in [0.05, 0.1) is 11.1 Å². The third-order valence-electron chi connectivity index (χ3n) is 4.07. The van der Waals surface area contributed by atoms with Gasteiger partial charge in [0.15, 0.2) is 0 Å². The lowest BCUT2D eigenvalue weighted by Gasteiger charge is -2.13. The molecule has 0 bridgehead atoms. The highest BCUT2D eigenvalue weighted by Crippen LogP contribution is 2.22. The standard InChI is InChI=1S/C20H18FNO5/c21-14-7-9-15(10-8-14)26-12-13-27-18(23)6-3-11-22-19(24)16-4-1-2-5-17(16)20(22)25/h1-2,4-5,7-10H,3,6,11-13H2. The number of rotatable bonds is 8. The summed E-state index contributed by atoms with van der Waals surface area (Å²) in [5.41, 5.74) is 0.783. The first-order valence-corrected chi connectivity index (χ1v) is 8.55. The van der Waals surface area contributed by atoms with Crippen LogP contribution in [0.25, 0.3) is 0 Å². The van der Waals surface area contributed by atoms with Crippen LogP contribution in [0.3, 0.4) is 0 Å². The smallest absolute Gasteiger partial charge is 0.305 e. The molecule has 2 aromatic rings. The molecule has 0 aromatic heterocycles. The molecule has 0 spiro atoms. The molecule has 0 aliphatic carbocycles. The molecule has 1 heterocycles. The summed E-state index contributed by atoms with van der Waals surface area (Å²) in [5.74, 6) is -0.979. The van der Waals surface area contributed by atoms with Gasteiger partial charge in [-0.3, -0.25) is 19.3 Å². The van der Waals surface area contributed by atoms with Crippen LogP contribution in [0, 0.1) is 5.82 Å². The molecule has 2 aromatic carbocycles. The van der Waals surface area contributed by atoms with Crippen molar-refractivity contribution in [2.24, 2.45) is 0 Å². The molecular formula is C20H18FNO5. The van der Waals surface area contributed by atoms with E-state index in [4.69, 9.17) is 9.47 Å². The lowest BCUT2D eigenvalue weighted by molar-refractivity contribution is -0.144. The molecule has 27 heavy (non-hydrogen) atoms. The number of carbonyl (C=O) groups excluding carboxylic acids is 3. The number of ether oxygens (including phenoxy) is 2. The SMILES string of the molecule is O=C(CCCN1C(=O)c2ccccc2C1=O)OCCOc1ccc(F)cc1. The fourth-order valence-electron chi connectivity index (χ4n) is 2.74. The van der Waals surface area contributed by atoms with Crippen LogP contribution in [0.1, 0.15) is 33.6 Å². The highest BCUT2D eigenvalue weighted by molar-refractivity contribution is 6.21. The number of carbonyl (C=O) groups is 3. The maximum absolute atomic E-state index is 12.8. The molecule has 0 radical (unpaired) electrons. The topological polar surface area (TPSA) is 72.9 Å². The van der Waals surface area contributed by atoms with E-state index < -0.39 is 5.97 Å². The van der Waals surface area contributed by atoms with Crippen molar-refractivity contribution in [1.82, 2.24) is 4.90 Å². The molecule has 0 saturated heterocycles. The van der Waals surface area contributed by atoms with Crippen molar-refractivity contribution in [3.63, 3.8) is 0 Å². The van der Waals surface area contributed by atoms with Crippen LogP contribution in [0.4, 0.5) is 4.39 Å². The van der Waals surface area contributed by atoms with E-state index in [2.05, 4.69) is 0 Å². The Balaban J connectivity index is 1.35. The van der Waals surface area contributed by atoms with Gasteiger partial charge in [0.2, 0.25) is 0 Å². The summed E-state index contributed by atoms with van der Waals surface area (Å²) in [4.78, 5) is 37.3. The predicted molar refractivity (Wildman–Crippen MR) is 93.9 cm³/mol. The number of hydrogen-bond acceptors (Lipinski definition) is 5. The normalized spacial score (nSPS) is 12.9. The molecule has 1 aliphatic heterocycles. The van der Waals surface area contributed by atoms with E-state index in [1.807, 2.05) is 0 Å². The molecule has 0 fully saturated rings. The van der Waals surface area contributed by atoms with Crippen LogP contribution in [-0.4, -0.2) is 42.4 Å². The molecule has 2 amide bonds. The average molecular weight is 371 g/mol. The average Bonchev–Trinajstić information content (AvgIpc) is 2.92. The van der Waals surface area contributed by atoms with Gasteiger partial charge in [-0.15, -0.1) is 0 Å². The van der Waals surface area contributed by atoms with Gasteiger partial charge < -0.3 is 9.47 Å². The van der Waals surface area contributed by atoms with Gasteiger partial charge in [-0.1, -0.05) is 12.1 Å². The number of imide groups is 1. The van der Waals surface area contributed by atoms with E-state index in [0.29, 0.717) is 23.3 Å². The molecule has 140 valence electrons. The molecule has 3 rings (SSSR count). The first-order chi connectivity index (χ1) is 13.1. The summed E-state index contributed by atoms with van der Waals surface area (Å²) in [6.45, 7) is 0.368. The van der Waals surface area contributed by atoms with Crippen LogP contribution in [0.5, 0.6) is 5.75 Å². The lowest BCUT2D eigenvalue weighted by Crippen LogP contribution is -2.31. The molecule has 0 atom stereocenters. The van der Waals surface area contributed by atoms with E-state index in [9.17, 15) is 18.8 Å². The number of nitrogens with zero attached hydrogens (tertiary/aromatic N) is 1. The summed E-state index contributed by atoms with van der Waals surface area (Å²) < 4.78 is 23.1. The second-order valence-corrected chi connectivity index (χ2v) is 5.93. The molecular weight excluding hydrogens is 353 g/mol. The minimum atomic E-state index is -0.436. The Kier molecular flexibility index (Phi) is 5.80. The van der Waals surface area contributed by atoms with Crippen LogP contribution >= 0.6 is 0 Å². The van der Waals surface area contributed by atoms with Crippen LogP contribution in [0.2, 0.25) is 0 Å². The number of hydrogen-bond donors (Lipinski definition) is 0. The quantitative estimate of drug-likeness (QED) is 0.405. The first-order valence-electron chi connectivity index (χ1n) is 8.55. The van der Waals surface area contributed by atoms with Gasteiger partial charge in [-0.05, 0) is 42.8 Å². The zero-order valence-corrected chi connectivity index (χ0v) is 14.5. The zero-order valence-electron chi connectivity index (χ0n) is 14.5. The Morgan fingerprint density at radius 3 is 2.19 bits per heavy atom. The Morgan fingerprint density at radius 1 is 0.926 bits per heavy atom. The largest absolute Gasteiger partial charge is 0.490 e. The summed E-state index contributed by atoms with van der Waals surface area (Å²) in [6, 6.07) is 12.2. The van der Waals surface area contributed by atoms with Crippen LogP contribution in [0.15, 0.2) is 48.5 Å². The van der Waals surface area contributed by atoms with E-state index in [-0.39, 0.29) is 43.8 Å². The van der Waals surface area contributed by atoms with Crippen molar-refractivity contribution in [2.75, 3.05) is 19.8 Å². The summed E-state index contributed by atoms with van der Waals surface area (Å²) >= 11 is 0. The Bertz CT molecular complexity index is 815. The maximum atomic E-state index is 12.8. The van der Waals surface area contributed by atoms with E-state index in [1.54, 1.807) is 24.3 Å². The third-order valence-corrected chi connectivity index (χ3v) is 4.07. The number of fused-ring (bicyclic) bond motifs is 1. The summed E-state index contributed by atoms with van der Waals surface area (Å²) in [6.07, 6.45) is 0.410. The lowest BCUT2D eigenvalue weighted by atomic mass is 10.1. The van der Waals surface area contributed by atoms with Gasteiger partial charge >= 0.3 is 5.97 Å². The van der Waals surface area contributed by atoms with Gasteiger partial charge in [-0.2, -0.15) is 0 Å². The Hall–Kier alpha value is -3.22. The monoisotopic (exact) mass is 371 g/mol. The predicted octanol–water partition coefficient (Wildman–Crippen LogP) is 2.82. The van der Waals surface area contributed by atoms with E-state index in [0.717, 1.165) is 4.90 Å². The number of halogens is 1. The molecule has 6 nitrogen and oxygen atoms in total. The maximum Gasteiger partial charge on any atom is 0.305 e. The number of esters is 1. The highest BCUT2D eigenvalue weighted by Gasteiger charge is 2.34. The fourth-order valence-corrected chi connectivity index (χ4v) is 2.74. The van der Waals surface area contributed by atoms with Gasteiger partial charge in [-0.25, -0.2) is 4.39 Å². The van der Waals surface area contributed by atoms with Gasteiger partial charge in [0.1, 0.15) is 24.8 Å². The van der Waals surface area contributed by atoms with Crippen LogP contribution in [-0.2, 0) is 9.53 Å². The van der Waals surface area contributed by atoms with Gasteiger partial charge in [0, 0.05) is 13.0 Å². The zero-order chi connectivity index (χ0) is 19.2. The summed E-state index contributed by atoms with van der Waals surface area (Å²) in [5, 5.41) is 0. The molecule has 0 unspecified atom stereocenters. The fraction of sp³-hybridized carbons (Fsp3) is 0.250. The molecule has 0 saturated carbocycles. The molecule has 0 N–H and O–H groups in total. The second kappa shape index (κ2) is 8.44. The van der Waals surface area contributed by atoms with Crippen molar-refractivity contribution in [3.8, 4) is 5.75 Å². The minimum absolute atomic E-state index is 0.0588. The number of benzene rings is 2. The Labute approximate surface area is 155 Å². The van der Waals surface area contributed by atoms with Crippen molar-refractivity contribution < 1.29 is 28.2 Å². The molecule has 1 aliphatic rings. The summed E-state index contributed by atoms with van der Waals surface area (Å²) in [7, 11) is 0. The second-order valence-electron chi connectivity index (χ2n) is 5.93. The van der Waals surface area contributed by atoms with Crippen molar-refractivity contribution >= 4 is 17.8 Å². The highest BCUT2D eigenvalue weighted by atomic mass is 19.1. The van der Waals surface area contributed by atoms with Crippen molar-refractivity contribution in [1.29, 1.82) is 0 Å². The first kappa shape index (κ1) is 18.6. The Morgan fingerprint density at radius 2 is 1.56 bits per heavy atom. The van der Waals surface area contributed by atoms with Crippen molar-refractivity contribution in [2.45, 2.75) is 12.8 Å². The third kappa shape index (κ3) is 4.49. The van der Waals surface area contributed by atoms with E-state index >= 15 is 0 Å². The number of amides is 2. The van der Waals surface area contributed by atoms with Crippen LogP contribution < -0.4 is 4.74 Å². The molecule has 7 heteroatoms. The van der Waals surface area contributed by atoms with E-state index in [1.165, 1.54) is 24.3 Å². The minimum Gasteiger partial charge on any atom is -0.490 e. The van der Waals surface area contributed by atoms with Crippen molar-refractivity contribution in [3.05, 3.63) is 65.5 Å².